The fourth-order valence-electron chi connectivity index (χ4n) is 2.35. The molecule has 0 saturated heterocycles. The van der Waals surface area contributed by atoms with Gasteiger partial charge in [-0.1, -0.05) is 74.5 Å². The third-order valence-electron chi connectivity index (χ3n) is 3.57. The number of carbonyl (C=O) groups is 1. The molecular formula is C17H26OSi. The van der Waals surface area contributed by atoms with Crippen LogP contribution in [0, 0.1) is 0 Å². The molecule has 0 aromatic heterocycles. The molecule has 0 heterocycles. The standard InChI is InChI=1S/C17H26OSi/c1-4-5-6-8-11-16(14-18)15-19(2,3)17-12-9-7-10-13-17/h7,9-14H,4-6,8,15H2,1-3H3/b16-11+. The Morgan fingerprint density at radius 1 is 1.16 bits per heavy atom. The monoisotopic (exact) mass is 274 g/mol. The van der Waals surface area contributed by atoms with Crippen molar-refractivity contribution in [2.24, 2.45) is 0 Å². The first-order valence-corrected chi connectivity index (χ1v) is 10.5. The zero-order valence-corrected chi connectivity index (χ0v) is 13.5. The summed E-state index contributed by atoms with van der Waals surface area (Å²) in [5.74, 6) is 0. The smallest absolute Gasteiger partial charge is 0.145 e. The van der Waals surface area contributed by atoms with Crippen LogP contribution in [-0.2, 0) is 4.79 Å². The molecule has 0 aliphatic carbocycles. The van der Waals surface area contributed by atoms with Crippen molar-refractivity contribution in [3.63, 3.8) is 0 Å². The van der Waals surface area contributed by atoms with Gasteiger partial charge in [0.1, 0.15) is 6.29 Å². The molecule has 0 amide bonds. The minimum absolute atomic E-state index is 0.951. The van der Waals surface area contributed by atoms with Crippen LogP contribution in [0.4, 0.5) is 0 Å². The maximum atomic E-state index is 11.2. The summed E-state index contributed by atoms with van der Waals surface area (Å²) in [5.41, 5.74) is 0.997. The molecule has 0 N–H and O–H groups in total. The van der Waals surface area contributed by atoms with E-state index in [0.717, 1.165) is 24.3 Å². The van der Waals surface area contributed by atoms with Gasteiger partial charge in [-0.05, 0) is 24.5 Å². The molecule has 0 bridgehead atoms. The zero-order chi connectivity index (χ0) is 14.1. The lowest BCUT2D eigenvalue weighted by Gasteiger charge is -2.23. The molecular weight excluding hydrogens is 248 g/mol. The van der Waals surface area contributed by atoms with Crippen molar-refractivity contribution in [2.45, 2.75) is 51.7 Å². The lowest BCUT2D eigenvalue weighted by Crippen LogP contribution is -2.41. The molecule has 0 aliphatic heterocycles. The number of unbranched alkanes of at least 4 members (excludes halogenated alkanes) is 3. The van der Waals surface area contributed by atoms with E-state index in [2.05, 4.69) is 56.4 Å². The summed E-state index contributed by atoms with van der Waals surface area (Å²) in [6.07, 6.45) is 7.93. The number of allylic oxidation sites excluding steroid dienone is 2. The van der Waals surface area contributed by atoms with Gasteiger partial charge < -0.3 is 0 Å². The predicted molar refractivity (Wildman–Crippen MR) is 86.7 cm³/mol. The van der Waals surface area contributed by atoms with Gasteiger partial charge in [-0.25, -0.2) is 0 Å². The molecule has 0 atom stereocenters. The van der Waals surface area contributed by atoms with E-state index in [4.69, 9.17) is 0 Å². The van der Waals surface area contributed by atoms with Crippen molar-refractivity contribution < 1.29 is 4.79 Å². The van der Waals surface area contributed by atoms with E-state index in [9.17, 15) is 4.79 Å². The molecule has 1 aromatic carbocycles. The zero-order valence-electron chi connectivity index (χ0n) is 12.5. The van der Waals surface area contributed by atoms with Crippen LogP contribution < -0.4 is 5.19 Å². The minimum Gasteiger partial charge on any atom is -0.298 e. The van der Waals surface area contributed by atoms with Gasteiger partial charge in [-0.3, -0.25) is 4.79 Å². The van der Waals surface area contributed by atoms with E-state index in [1.807, 2.05) is 0 Å². The largest absolute Gasteiger partial charge is 0.298 e. The van der Waals surface area contributed by atoms with Gasteiger partial charge >= 0.3 is 0 Å². The molecule has 0 saturated carbocycles. The molecule has 1 rings (SSSR count). The maximum absolute atomic E-state index is 11.2. The van der Waals surface area contributed by atoms with Crippen molar-refractivity contribution in [3.8, 4) is 0 Å². The summed E-state index contributed by atoms with van der Waals surface area (Å²) < 4.78 is 0. The van der Waals surface area contributed by atoms with E-state index in [1.54, 1.807) is 0 Å². The second-order valence-corrected chi connectivity index (χ2v) is 10.5. The Morgan fingerprint density at radius 3 is 2.42 bits per heavy atom. The van der Waals surface area contributed by atoms with Crippen LogP contribution >= 0.6 is 0 Å². The highest BCUT2D eigenvalue weighted by atomic mass is 28.3. The first-order valence-electron chi connectivity index (χ1n) is 7.30. The Hall–Kier alpha value is -1.15. The van der Waals surface area contributed by atoms with E-state index >= 15 is 0 Å². The summed E-state index contributed by atoms with van der Waals surface area (Å²) in [6, 6.07) is 11.6. The van der Waals surface area contributed by atoms with Crippen molar-refractivity contribution in [1.29, 1.82) is 0 Å². The van der Waals surface area contributed by atoms with Gasteiger partial charge in [0, 0.05) is 0 Å². The molecule has 1 nitrogen and oxygen atoms in total. The number of hydrogen-bond acceptors (Lipinski definition) is 1. The lowest BCUT2D eigenvalue weighted by molar-refractivity contribution is -0.104. The van der Waals surface area contributed by atoms with Gasteiger partial charge in [0.05, 0.1) is 8.07 Å². The van der Waals surface area contributed by atoms with E-state index in [-0.39, 0.29) is 0 Å². The number of rotatable bonds is 8. The first kappa shape index (κ1) is 15.9. The van der Waals surface area contributed by atoms with Crippen LogP contribution in [0.2, 0.25) is 19.1 Å². The van der Waals surface area contributed by atoms with Gasteiger partial charge in [0.15, 0.2) is 0 Å². The Morgan fingerprint density at radius 2 is 1.84 bits per heavy atom. The second-order valence-electron chi connectivity index (χ2n) is 5.82. The van der Waals surface area contributed by atoms with E-state index in [1.165, 1.54) is 24.4 Å². The lowest BCUT2D eigenvalue weighted by atomic mass is 10.1. The Kier molecular flexibility index (Phi) is 6.78. The van der Waals surface area contributed by atoms with Crippen LogP contribution in [0.5, 0.6) is 0 Å². The summed E-state index contributed by atoms with van der Waals surface area (Å²) in [5, 5.41) is 1.43. The molecule has 0 spiro atoms. The fraction of sp³-hybridized carbons (Fsp3) is 0.471. The van der Waals surface area contributed by atoms with Gasteiger partial charge in [0.25, 0.3) is 0 Å². The van der Waals surface area contributed by atoms with E-state index < -0.39 is 8.07 Å². The van der Waals surface area contributed by atoms with Crippen LogP contribution in [0.15, 0.2) is 42.0 Å². The second kappa shape index (κ2) is 8.11. The topological polar surface area (TPSA) is 17.1 Å². The highest BCUT2D eigenvalue weighted by Gasteiger charge is 2.24. The normalized spacial score (nSPS) is 12.5. The summed E-state index contributed by atoms with van der Waals surface area (Å²) in [6.45, 7) is 6.88. The minimum atomic E-state index is -1.53. The fourth-order valence-corrected chi connectivity index (χ4v) is 4.89. The Balaban J connectivity index is 2.66. The predicted octanol–water partition coefficient (Wildman–Crippen LogP) is 4.31. The summed E-state index contributed by atoms with van der Waals surface area (Å²) in [7, 11) is -1.53. The number of aldehydes is 1. The Bertz CT molecular complexity index is 407. The van der Waals surface area contributed by atoms with Gasteiger partial charge in [-0.15, -0.1) is 0 Å². The highest BCUT2D eigenvalue weighted by Crippen LogP contribution is 2.16. The maximum Gasteiger partial charge on any atom is 0.145 e. The SMILES string of the molecule is CCCCC/C=C(\C=O)C[Si](C)(C)c1ccccc1. The molecule has 104 valence electrons. The molecule has 0 radical (unpaired) electrons. The van der Waals surface area contributed by atoms with Crippen LogP contribution in [0.1, 0.15) is 32.6 Å². The molecule has 19 heavy (non-hydrogen) atoms. The quantitative estimate of drug-likeness (QED) is 0.299. The van der Waals surface area contributed by atoms with Crippen molar-refractivity contribution >= 4 is 19.5 Å². The first-order chi connectivity index (χ1) is 9.10. The van der Waals surface area contributed by atoms with Crippen LogP contribution in [-0.4, -0.2) is 14.4 Å². The van der Waals surface area contributed by atoms with E-state index in [0.29, 0.717) is 0 Å². The third kappa shape index (κ3) is 5.56. The molecule has 0 fully saturated rings. The number of benzene rings is 1. The molecule has 0 unspecified atom stereocenters. The summed E-state index contributed by atoms with van der Waals surface area (Å²) in [4.78, 5) is 11.2. The van der Waals surface area contributed by atoms with Crippen LogP contribution in [0.3, 0.4) is 0 Å². The van der Waals surface area contributed by atoms with Gasteiger partial charge in [-0.2, -0.15) is 0 Å². The average molecular weight is 274 g/mol. The van der Waals surface area contributed by atoms with Crippen molar-refractivity contribution in [3.05, 3.63) is 42.0 Å². The summed E-state index contributed by atoms with van der Waals surface area (Å²) >= 11 is 0. The van der Waals surface area contributed by atoms with Crippen LogP contribution in [0.25, 0.3) is 0 Å². The van der Waals surface area contributed by atoms with Gasteiger partial charge in [0.2, 0.25) is 0 Å². The molecule has 1 aromatic rings. The van der Waals surface area contributed by atoms with Crippen molar-refractivity contribution in [1.82, 2.24) is 0 Å². The average Bonchev–Trinajstić information content (AvgIpc) is 2.43. The highest BCUT2D eigenvalue weighted by molar-refractivity contribution is 6.90. The Labute approximate surface area is 118 Å². The number of hydrogen-bond donors (Lipinski definition) is 0. The number of carbonyl (C=O) groups excluding carboxylic acids is 1. The van der Waals surface area contributed by atoms with Crippen molar-refractivity contribution in [2.75, 3.05) is 0 Å². The molecule has 0 aliphatic rings. The third-order valence-corrected chi connectivity index (χ3v) is 6.76. The molecule has 2 heteroatoms.